The Morgan fingerprint density at radius 1 is 0.935 bits per heavy atom. The molecule has 0 radical (unpaired) electrons. The van der Waals surface area contributed by atoms with Gasteiger partial charge in [0.25, 0.3) is 0 Å². The zero-order valence-corrected chi connectivity index (χ0v) is 17.3. The molecule has 0 N–H and O–H groups in total. The molecule has 0 bridgehead atoms. The maximum absolute atomic E-state index is 13.8. The minimum atomic E-state index is -4.81. The van der Waals surface area contributed by atoms with Crippen LogP contribution in [0.2, 0.25) is 0 Å². The van der Waals surface area contributed by atoms with Gasteiger partial charge in [0.05, 0.1) is 5.56 Å². The summed E-state index contributed by atoms with van der Waals surface area (Å²) < 4.78 is 52.3. The topological polar surface area (TPSA) is 52.3 Å². The standard InChI is InChI=1S/C23H13BrF3NO3/c24-16-11-12-18(30-22(29)15-9-5-2-6-10-15)17(13-16)19-20(23(25,26)27)31-21(28-19)14-7-3-1-4-8-14/h1-13H. The number of alkyl halides is 3. The molecular formula is C23H13BrF3NO3. The van der Waals surface area contributed by atoms with Crippen molar-refractivity contribution < 1.29 is 27.1 Å². The summed E-state index contributed by atoms with van der Waals surface area (Å²) in [5, 5.41) is 0. The number of halogens is 4. The lowest BCUT2D eigenvalue weighted by Crippen LogP contribution is -2.10. The first-order valence-corrected chi connectivity index (χ1v) is 9.83. The quantitative estimate of drug-likeness (QED) is 0.229. The van der Waals surface area contributed by atoms with Crippen molar-refractivity contribution in [3.8, 4) is 28.5 Å². The Hall–Kier alpha value is -3.39. The van der Waals surface area contributed by atoms with Gasteiger partial charge < -0.3 is 9.15 Å². The molecule has 1 heterocycles. The van der Waals surface area contributed by atoms with Gasteiger partial charge in [-0.2, -0.15) is 13.2 Å². The molecule has 156 valence electrons. The number of aromatic nitrogens is 1. The van der Waals surface area contributed by atoms with Gasteiger partial charge >= 0.3 is 12.1 Å². The van der Waals surface area contributed by atoms with Gasteiger partial charge in [0.15, 0.2) is 0 Å². The maximum Gasteiger partial charge on any atom is 0.451 e. The monoisotopic (exact) mass is 487 g/mol. The van der Waals surface area contributed by atoms with Crippen molar-refractivity contribution in [2.24, 2.45) is 0 Å². The summed E-state index contributed by atoms with van der Waals surface area (Å²) in [4.78, 5) is 16.6. The molecule has 0 spiro atoms. The fourth-order valence-electron chi connectivity index (χ4n) is 2.91. The molecule has 0 aliphatic heterocycles. The van der Waals surface area contributed by atoms with E-state index < -0.39 is 23.6 Å². The summed E-state index contributed by atoms with van der Waals surface area (Å²) in [5.74, 6) is -2.25. The third-order valence-corrected chi connectivity index (χ3v) is 4.81. The van der Waals surface area contributed by atoms with Crippen LogP contribution in [-0.4, -0.2) is 11.0 Å². The van der Waals surface area contributed by atoms with Crippen molar-refractivity contribution in [2.75, 3.05) is 0 Å². The lowest BCUT2D eigenvalue weighted by Gasteiger charge is -2.11. The van der Waals surface area contributed by atoms with Crippen LogP contribution in [0, 0.1) is 0 Å². The Labute approximate surface area is 183 Å². The van der Waals surface area contributed by atoms with Crippen molar-refractivity contribution in [2.45, 2.75) is 6.18 Å². The van der Waals surface area contributed by atoms with Crippen molar-refractivity contribution in [3.05, 3.63) is 94.7 Å². The Balaban J connectivity index is 1.83. The second kappa shape index (κ2) is 8.39. The zero-order valence-electron chi connectivity index (χ0n) is 15.7. The Bertz CT molecular complexity index is 1220. The van der Waals surface area contributed by atoms with Gasteiger partial charge in [-0.1, -0.05) is 52.3 Å². The van der Waals surface area contributed by atoms with Crippen molar-refractivity contribution in [1.29, 1.82) is 0 Å². The van der Waals surface area contributed by atoms with Crippen molar-refractivity contribution in [3.63, 3.8) is 0 Å². The Morgan fingerprint density at radius 2 is 1.58 bits per heavy atom. The van der Waals surface area contributed by atoms with Crippen LogP contribution in [0.1, 0.15) is 16.1 Å². The second-order valence-electron chi connectivity index (χ2n) is 6.46. The second-order valence-corrected chi connectivity index (χ2v) is 7.37. The molecule has 3 aromatic carbocycles. The molecule has 1 aromatic heterocycles. The molecule has 0 saturated carbocycles. The van der Waals surface area contributed by atoms with Gasteiger partial charge in [-0.15, -0.1) is 0 Å². The maximum atomic E-state index is 13.8. The first-order chi connectivity index (χ1) is 14.8. The van der Waals surface area contributed by atoms with E-state index in [1.54, 1.807) is 66.7 Å². The van der Waals surface area contributed by atoms with Crippen molar-refractivity contribution >= 4 is 21.9 Å². The lowest BCUT2D eigenvalue weighted by molar-refractivity contribution is -0.152. The van der Waals surface area contributed by atoms with Gasteiger partial charge in [0, 0.05) is 15.6 Å². The summed E-state index contributed by atoms with van der Waals surface area (Å²) in [5.41, 5.74) is 0.148. The molecule has 4 aromatic rings. The molecular weight excluding hydrogens is 475 g/mol. The van der Waals surface area contributed by atoms with Crippen LogP contribution < -0.4 is 4.74 Å². The molecule has 0 fully saturated rings. The van der Waals surface area contributed by atoms with Crippen LogP contribution in [0.25, 0.3) is 22.7 Å². The van der Waals surface area contributed by atoms with E-state index in [1.807, 2.05) is 0 Å². The summed E-state index contributed by atoms with van der Waals surface area (Å²) in [6.45, 7) is 0. The molecule has 0 amide bonds. The van der Waals surface area contributed by atoms with Gasteiger partial charge in [0.1, 0.15) is 11.4 Å². The van der Waals surface area contributed by atoms with Crippen molar-refractivity contribution in [1.82, 2.24) is 4.98 Å². The van der Waals surface area contributed by atoms with E-state index in [0.717, 1.165) is 0 Å². The molecule has 0 unspecified atom stereocenters. The number of esters is 1. The highest BCUT2D eigenvalue weighted by Crippen LogP contribution is 2.43. The number of benzene rings is 3. The minimum absolute atomic E-state index is 0.0306. The molecule has 8 heteroatoms. The summed E-state index contributed by atoms with van der Waals surface area (Å²) in [6, 6.07) is 20.7. The van der Waals surface area contributed by atoms with E-state index in [4.69, 9.17) is 9.15 Å². The van der Waals surface area contributed by atoms with E-state index in [1.165, 1.54) is 12.1 Å². The molecule has 4 nitrogen and oxygen atoms in total. The number of rotatable bonds is 4. The number of oxazole rings is 1. The Morgan fingerprint density at radius 3 is 2.23 bits per heavy atom. The lowest BCUT2D eigenvalue weighted by atomic mass is 10.1. The third kappa shape index (κ3) is 4.54. The van der Waals surface area contributed by atoms with Crippen LogP contribution in [0.15, 0.2) is 87.8 Å². The SMILES string of the molecule is O=C(Oc1ccc(Br)cc1-c1nc(-c2ccccc2)oc1C(F)(F)F)c1ccccc1. The normalized spacial score (nSPS) is 11.4. The van der Waals surface area contributed by atoms with E-state index in [2.05, 4.69) is 20.9 Å². The average molecular weight is 488 g/mol. The van der Waals surface area contributed by atoms with E-state index in [0.29, 0.717) is 10.0 Å². The zero-order chi connectivity index (χ0) is 22.0. The number of ether oxygens (including phenoxy) is 1. The van der Waals surface area contributed by atoms with Gasteiger partial charge in [0.2, 0.25) is 11.7 Å². The number of carbonyl (C=O) groups excluding carboxylic acids is 1. The predicted molar refractivity (Wildman–Crippen MR) is 111 cm³/mol. The molecule has 0 saturated heterocycles. The molecule has 0 atom stereocenters. The predicted octanol–water partition coefficient (Wildman–Crippen LogP) is 7.01. The third-order valence-electron chi connectivity index (χ3n) is 4.31. The molecule has 0 aliphatic rings. The molecule has 31 heavy (non-hydrogen) atoms. The number of carbonyl (C=O) groups is 1. The summed E-state index contributed by atoms with van der Waals surface area (Å²) >= 11 is 3.25. The fourth-order valence-corrected chi connectivity index (χ4v) is 3.27. The highest BCUT2D eigenvalue weighted by atomic mass is 79.9. The minimum Gasteiger partial charge on any atom is -0.431 e. The number of hydrogen-bond acceptors (Lipinski definition) is 4. The highest BCUT2D eigenvalue weighted by molar-refractivity contribution is 9.10. The number of nitrogens with zero attached hydrogens (tertiary/aromatic N) is 1. The smallest absolute Gasteiger partial charge is 0.431 e. The van der Waals surface area contributed by atoms with E-state index in [9.17, 15) is 18.0 Å². The van der Waals surface area contributed by atoms with E-state index in [-0.39, 0.29) is 22.8 Å². The fraction of sp³-hybridized carbons (Fsp3) is 0.0435. The summed E-state index contributed by atoms with van der Waals surface area (Å²) in [7, 11) is 0. The highest BCUT2D eigenvalue weighted by Gasteiger charge is 2.41. The van der Waals surface area contributed by atoms with Crippen LogP contribution >= 0.6 is 15.9 Å². The van der Waals surface area contributed by atoms with Gasteiger partial charge in [-0.05, 0) is 42.5 Å². The van der Waals surface area contributed by atoms with Crippen LogP contribution in [0.5, 0.6) is 5.75 Å². The molecule has 0 aliphatic carbocycles. The van der Waals surface area contributed by atoms with Crippen LogP contribution in [-0.2, 0) is 6.18 Å². The van der Waals surface area contributed by atoms with Gasteiger partial charge in [-0.3, -0.25) is 0 Å². The average Bonchev–Trinajstić information content (AvgIpc) is 3.22. The molecule has 4 rings (SSSR count). The van der Waals surface area contributed by atoms with Gasteiger partial charge in [-0.25, -0.2) is 9.78 Å². The first kappa shape index (κ1) is 20.9. The Kier molecular flexibility index (Phi) is 5.65. The number of hydrogen-bond donors (Lipinski definition) is 0. The van der Waals surface area contributed by atoms with E-state index >= 15 is 0 Å². The summed E-state index contributed by atoms with van der Waals surface area (Å²) in [6.07, 6.45) is -4.81. The largest absolute Gasteiger partial charge is 0.451 e. The van der Waals surface area contributed by atoms with Crippen LogP contribution in [0.3, 0.4) is 0 Å². The van der Waals surface area contributed by atoms with Crippen LogP contribution in [0.4, 0.5) is 13.2 Å². The first-order valence-electron chi connectivity index (χ1n) is 9.03.